The van der Waals surface area contributed by atoms with Gasteiger partial charge in [0.05, 0.1) is 11.4 Å². The number of fused-ring (bicyclic) bond motifs is 1. The van der Waals surface area contributed by atoms with Crippen LogP contribution in [0.25, 0.3) is 5.70 Å². The van der Waals surface area contributed by atoms with Crippen molar-refractivity contribution in [1.29, 1.82) is 0 Å². The van der Waals surface area contributed by atoms with Gasteiger partial charge in [-0.2, -0.15) is 0 Å². The largest absolute Gasteiger partial charge is 0.417 e. The number of nitrogens with one attached hydrogen (secondary N) is 1. The molecule has 1 aromatic heterocycles. The molecule has 154 valence electrons. The number of hydrogen-bond donors (Lipinski definition) is 2. The highest BCUT2D eigenvalue weighted by Crippen LogP contribution is 2.41. The molecule has 1 saturated carbocycles. The Bertz CT molecular complexity index is 766. The molecule has 6 nitrogen and oxygen atoms in total. The first-order chi connectivity index (χ1) is 13.1. The number of allylic oxidation sites excluding steroid dienone is 1. The summed E-state index contributed by atoms with van der Waals surface area (Å²) in [4.78, 5) is 11.9. The summed E-state index contributed by atoms with van der Waals surface area (Å²) >= 11 is 0. The maximum absolute atomic E-state index is 6.47. The third-order valence-corrected chi connectivity index (χ3v) is 11.2. The summed E-state index contributed by atoms with van der Waals surface area (Å²) in [5.74, 6) is 8.04. The van der Waals surface area contributed by atoms with Crippen LogP contribution in [0.2, 0.25) is 18.1 Å². The van der Waals surface area contributed by atoms with Crippen molar-refractivity contribution in [1.82, 2.24) is 9.99 Å². The van der Waals surface area contributed by atoms with Gasteiger partial charge in [-0.15, -0.1) is 0 Å². The Labute approximate surface area is 170 Å². The van der Waals surface area contributed by atoms with Crippen molar-refractivity contribution in [2.24, 2.45) is 27.7 Å². The van der Waals surface area contributed by atoms with E-state index in [1.807, 2.05) is 12.3 Å². The zero-order chi connectivity index (χ0) is 20.5. The van der Waals surface area contributed by atoms with Crippen LogP contribution in [0.1, 0.15) is 52.0 Å². The maximum atomic E-state index is 6.47. The lowest BCUT2D eigenvalue weighted by atomic mass is 9.80. The molecule has 1 aromatic rings. The standard InChI is InChI=1S/C21H35N5OSi/c1-21(2,3)28(5,6)27-13-15-7-9-16(10-8-15)18(23-4)19-17-11-12-24-20(17)25-14-26(19)22/h11-12,14-16,24H,4,7-10,13,22H2,1-3,5-6H3/b19-18-/t15-,16-. The number of nitrogens with zero attached hydrogens (tertiary/aromatic N) is 3. The van der Waals surface area contributed by atoms with Gasteiger partial charge >= 0.3 is 0 Å². The zero-order valence-corrected chi connectivity index (χ0v) is 19.0. The van der Waals surface area contributed by atoms with Crippen molar-refractivity contribution in [3.63, 3.8) is 0 Å². The molecule has 3 N–H and O–H groups in total. The van der Waals surface area contributed by atoms with Crippen LogP contribution in [-0.4, -0.2) is 38.0 Å². The van der Waals surface area contributed by atoms with Gasteiger partial charge in [-0.05, 0) is 62.5 Å². The monoisotopic (exact) mass is 401 g/mol. The van der Waals surface area contributed by atoms with Crippen LogP contribution in [0.3, 0.4) is 0 Å². The van der Waals surface area contributed by atoms with Gasteiger partial charge in [-0.1, -0.05) is 20.8 Å². The second-order valence-electron chi connectivity index (χ2n) is 9.57. The van der Waals surface area contributed by atoms with Gasteiger partial charge in [0, 0.05) is 24.3 Å². The molecule has 28 heavy (non-hydrogen) atoms. The summed E-state index contributed by atoms with van der Waals surface area (Å²) in [5, 5.41) is 1.84. The first kappa shape index (κ1) is 21.0. The number of aromatic nitrogens is 1. The van der Waals surface area contributed by atoms with Crippen LogP contribution in [0.4, 0.5) is 5.82 Å². The highest BCUT2D eigenvalue weighted by Gasteiger charge is 2.38. The van der Waals surface area contributed by atoms with Gasteiger partial charge in [0.15, 0.2) is 8.32 Å². The summed E-state index contributed by atoms with van der Waals surface area (Å²) in [6.07, 6.45) is 8.02. The molecule has 2 heterocycles. The van der Waals surface area contributed by atoms with Crippen molar-refractivity contribution in [2.45, 2.75) is 64.6 Å². The Morgan fingerprint density at radius 1 is 1.36 bits per heavy atom. The number of hydrazine groups is 1. The number of aliphatic imine (C=N–C) groups is 2. The van der Waals surface area contributed by atoms with E-state index in [1.54, 1.807) is 11.3 Å². The number of rotatable bonds is 5. The van der Waals surface area contributed by atoms with Gasteiger partial charge in [-0.25, -0.2) is 10.8 Å². The highest BCUT2D eigenvalue weighted by molar-refractivity contribution is 6.74. The lowest BCUT2D eigenvalue weighted by Crippen LogP contribution is -2.42. The molecule has 0 atom stereocenters. The molecule has 0 bridgehead atoms. The van der Waals surface area contributed by atoms with Crippen molar-refractivity contribution in [3.8, 4) is 0 Å². The lowest BCUT2D eigenvalue weighted by molar-refractivity contribution is 0.178. The zero-order valence-electron chi connectivity index (χ0n) is 18.0. The number of aromatic amines is 1. The Kier molecular flexibility index (Phi) is 5.98. The molecule has 3 rings (SSSR count). The van der Waals surface area contributed by atoms with Gasteiger partial charge < -0.3 is 9.41 Å². The summed E-state index contributed by atoms with van der Waals surface area (Å²) in [6, 6.07) is 2.00. The minimum atomic E-state index is -1.68. The average Bonchev–Trinajstić information content (AvgIpc) is 3.11. The van der Waals surface area contributed by atoms with E-state index in [0.717, 1.165) is 55.1 Å². The van der Waals surface area contributed by atoms with Crippen LogP contribution in [0.5, 0.6) is 0 Å². The van der Waals surface area contributed by atoms with E-state index >= 15 is 0 Å². The van der Waals surface area contributed by atoms with E-state index in [1.165, 1.54) is 0 Å². The third kappa shape index (κ3) is 4.16. The number of nitrogens with two attached hydrogens (primary N) is 1. The molecule has 7 heteroatoms. The molecule has 0 aromatic carbocycles. The Morgan fingerprint density at radius 3 is 2.64 bits per heavy atom. The van der Waals surface area contributed by atoms with Gasteiger partial charge in [0.1, 0.15) is 12.2 Å². The fourth-order valence-corrected chi connectivity index (χ4v) is 4.87. The highest BCUT2D eigenvalue weighted by atomic mass is 28.4. The molecule has 0 saturated heterocycles. The normalized spacial score (nSPS) is 24.9. The van der Waals surface area contributed by atoms with Crippen LogP contribution in [0.15, 0.2) is 27.9 Å². The van der Waals surface area contributed by atoms with E-state index in [4.69, 9.17) is 10.3 Å². The molecule has 1 aliphatic carbocycles. The quantitative estimate of drug-likeness (QED) is 0.411. The predicted octanol–water partition coefficient (Wildman–Crippen LogP) is 5.06. The van der Waals surface area contributed by atoms with Gasteiger partial charge in [-0.3, -0.25) is 10.0 Å². The van der Waals surface area contributed by atoms with Crippen molar-refractivity contribution >= 4 is 32.9 Å². The van der Waals surface area contributed by atoms with Crippen molar-refractivity contribution < 1.29 is 4.43 Å². The van der Waals surface area contributed by atoms with Crippen LogP contribution < -0.4 is 5.84 Å². The molecule has 0 radical (unpaired) electrons. The van der Waals surface area contributed by atoms with Gasteiger partial charge in [0.25, 0.3) is 0 Å². The van der Waals surface area contributed by atoms with Crippen LogP contribution in [0, 0.1) is 11.8 Å². The molecule has 0 unspecified atom stereocenters. The number of hydrogen-bond acceptors (Lipinski definition) is 5. The summed E-state index contributed by atoms with van der Waals surface area (Å²) in [5.41, 5.74) is 2.90. The van der Waals surface area contributed by atoms with E-state index < -0.39 is 8.32 Å². The molecular weight excluding hydrogens is 366 g/mol. The predicted molar refractivity (Wildman–Crippen MR) is 120 cm³/mol. The second kappa shape index (κ2) is 7.97. The smallest absolute Gasteiger partial charge is 0.191 e. The van der Waals surface area contributed by atoms with E-state index in [-0.39, 0.29) is 5.04 Å². The minimum Gasteiger partial charge on any atom is -0.417 e. The molecule has 1 fully saturated rings. The van der Waals surface area contributed by atoms with E-state index in [9.17, 15) is 0 Å². The fraction of sp³-hybridized carbons (Fsp3) is 0.619. The third-order valence-electron chi connectivity index (χ3n) is 6.68. The van der Waals surface area contributed by atoms with Crippen LogP contribution in [-0.2, 0) is 4.43 Å². The fourth-order valence-electron chi connectivity index (χ4n) is 3.79. The van der Waals surface area contributed by atoms with Crippen molar-refractivity contribution in [3.05, 3.63) is 23.5 Å². The van der Waals surface area contributed by atoms with Crippen LogP contribution >= 0.6 is 0 Å². The van der Waals surface area contributed by atoms with Gasteiger partial charge in [0.2, 0.25) is 0 Å². The van der Waals surface area contributed by atoms with E-state index in [0.29, 0.717) is 11.8 Å². The summed E-state index contributed by atoms with van der Waals surface area (Å²) in [6.45, 7) is 16.3. The molecule has 1 aliphatic heterocycles. The molecule has 0 spiro atoms. The number of H-pyrrole nitrogens is 1. The molecule has 2 aliphatic rings. The Morgan fingerprint density at radius 2 is 2.04 bits per heavy atom. The average molecular weight is 402 g/mol. The lowest BCUT2D eigenvalue weighted by Gasteiger charge is -2.38. The maximum Gasteiger partial charge on any atom is 0.191 e. The molecular formula is C21H35N5OSi. The first-order valence-corrected chi connectivity index (χ1v) is 13.2. The second-order valence-corrected chi connectivity index (χ2v) is 14.4. The Balaban J connectivity index is 1.67. The van der Waals surface area contributed by atoms with Crippen molar-refractivity contribution in [2.75, 3.05) is 6.61 Å². The Hall–Kier alpha value is -1.70. The SMILES string of the molecule is C=N/C(=C1/c2cc[nH]c2N=CN1N)[C@H]1CC[C@H](CO[Si](C)(C)C(C)(C)C)CC1. The summed E-state index contributed by atoms with van der Waals surface area (Å²) in [7, 11) is -1.68. The first-order valence-electron chi connectivity index (χ1n) is 10.2. The topological polar surface area (TPSA) is 79.0 Å². The molecule has 0 amide bonds. The summed E-state index contributed by atoms with van der Waals surface area (Å²) < 4.78 is 6.47. The van der Waals surface area contributed by atoms with E-state index in [2.05, 4.69) is 55.6 Å². The minimum absolute atomic E-state index is 0.260.